The molecule has 1 heterocycles. The predicted octanol–water partition coefficient (Wildman–Crippen LogP) is 2.42. The van der Waals surface area contributed by atoms with Gasteiger partial charge >= 0.3 is 6.36 Å². The normalized spacial score (nSPS) is 17.6. The van der Waals surface area contributed by atoms with Crippen LogP contribution in [0.1, 0.15) is 5.56 Å². The first-order chi connectivity index (χ1) is 7.80. The van der Waals surface area contributed by atoms with E-state index in [4.69, 9.17) is 17.3 Å². The van der Waals surface area contributed by atoms with Crippen LogP contribution < -0.4 is 15.8 Å². The first-order valence-electron chi connectivity index (χ1n) is 4.86. The van der Waals surface area contributed by atoms with Crippen molar-refractivity contribution in [2.24, 2.45) is 5.73 Å². The number of hydrogen-bond donors (Lipinski definition) is 2. The summed E-state index contributed by atoms with van der Waals surface area (Å²) in [6.07, 6.45) is -4.72. The maximum absolute atomic E-state index is 12.0. The molecule has 1 aromatic carbocycles. The highest BCUT2D eigenvalue weighted by Crippen LogP contribution is 2.33. The molecular weight excluding hydrogens is 292 g/mol. The molecule has 1 aromatic rings. The number of halogens is 5. The Balaban J connectivity index is 0.00000162. The number of alkyl halides is 3. The molecule has 1 aliphatic heterocycles. The SMILES string of the molecule is Cl.NC1(c2ccc(OC(F)(F)F)cc2Cl)CNC1. The largest absolute Gasteiger partial charge is 0.573 e. The quantitative estimate of drug-likeness (QED) is 0.882. The predicted molar refractivity (Wildman–Crippen MR) is 64.1 cm³/mol. The molecule has 2 rings (SSSR count). The second kappa shape index (κ2) is 5.13. The monoisotopic (exact) mass is 302 g/mol. The lowest BCUT2D eigenvalue weighted by Crippen LogP contribution is -2.62. The Hall–Kier alpha value is -0.690. The van der Waals surface area contributed by atoms with Gasteiger partial charge in [-0.25, -0.2) is 0 Å². The molecule has 0 bridgehead atoms. The molecule has 3 N–H and O–H groups in total. The topological polar surface area (TPSA) is 47.3 Å². The number of hydrogen-bond acceptors (Lipinski definition) is 3. The summed E-state index contributed by atoms with van der Waals surface area (Å²) in [6, 6.07) is 3.79. The number of ether oxygens (including phenoxy) is 1. The van der Waals surface area contributed by atoms with Crippen molar-refractivity contribution in [3.05, 3.63) is 28.8 Å². The van der Waals surface area contributed by atoms with E-state index in [0.717, 1.165) is 6.07 Å². The minimum atomic E-state index is -4.72. The van der Waals surface area contributed by atoms with Crippen molar-refractivity contribution in [1.29, 1.82) is 0 Å². The first kappa shape index (κ1) is 15.4. The van der Waals surface area contributed by atoms with E-state index in [9.17, 15) is 13.2 Å². The molecule has 0 saturated carbocycles. The fourth-order valence-corrected chi connectivity index (χ4v) is 2.04. The van der Waals surface area contributed by atoms with Gasteiger partial charge in [-0.05, 0) is 17.7 Å². The van der Waals surface area contributed by atoms with E-state index < -0.39 is 11.9 Å². The van der Waals surface area contributed by atoms with E-state index in [1.165, 1.54) is 12.1 Å². The third-order valence-corrected chi connectivity index (χ3v) is 2.90. The minimum Gasteiger partial charge on any atom is -0.406 e. The van der Waals surface area contributed by atoms with Crippen molar-refractivity contribution in [2.45, 2.75) is 11.9 Å². The standard InChI is InChI=1S/C10H10ClF3N2O.ClH/c11-8-3-6(17-10(12,13)14)1-2-7(8)9(15)4-16-5-9;/h1-3,16H,4-5,15H2;1H. The number of rotatable bonds is 2. The lowest BCUT2D eigenvalue weighted by atomic mass is 9.85. The zero-order valence-electron chi connectivity index (χ0n) is 9.05. The van der Waals surface area contributed by atoms with Gasteiger partial charge in [0.1, 0.15) is 5.75 Å². The summed E-state index contributed by atoms with van der Waals surface area (Å²) in [5, 5.41) is 3.16. The van der Waals surface area contributed by atoms with E-state index in [1.807, 2.05) is 0 Å². The van der Waals surface area contributed by atoms with E-state index in [2.05, 4.69) is 10.1 Å². The zero-order valence-corrected chi connectivity index (χ0v) is 10.6. The number of benzene rings is 1. The van der Waals surface area contributed by atoms with Crippen molar-refractivity contribution < 1.29 is 17.9 Å². The summed E-state index contributed by atoms with van der Waals surface area (Å²) < 4.78 is 39.7. The van der Waals surface area contributed by atoms with Crippen molar-refractivity contribution in [2.75, 3.05) is 13.1 Å². The van der Waals surface area contributed by atoms with Gasteiger partial charge in [0, 0.05) is 18.1 Å². The second-order valence-corrected chi connectivity index (χ2v) is 4.36. The van der Waals surface area contributed by atoms with Gasteiger partial charge in [-0.1, -0.05) is 17.7 Å². The minimum absolute atomic E-state index is 0. The van der Waals surface area contributed by atoms with E-state index in [-0.39, 0.29) is 23.2 Å². The van der Waals surface area contributed by atoms with Gasteiger partial charge in [-0.15, -0.1) is 25.6 Å². The van der Waals surface area contributed by atoms with Crippen LogP contribution >= 0.6 is 24.0 Å². The highest BCUT2D eigenvalue weighted by Gasteiger charge is 2.36. The maximum Gasteiger partial charge on any atom is 0.573 e. The number of nitrogens with two attached hydrogens (primary N) is 1. The van der Waals surface area contributed by atoms with Gasteiger partial charge < -0.3 is 15.8 Å². The summed E-state index contributed by atoms with van der Waals surface area (Å²) >= 11 is 5.90. The van der Waals surface area contributed by atoms with Gasteiger partial charge in [-0.3, -0.25) is 0 Å². The Morgan fingerprint density at radius 3 is 2.33 bits per heavy atom. The average molecular weight is 303 g/mol. The summed E-state index contributed by atoms with van der Waals surface area (Å²) in [7, 11) is 0. The Morgan fingerprint density at radius 2 is 1.94 bits per heavy atom. The fourth-order valence-electron chi connectivity index (χ4n) is 1.68. The molecule has 0 unspecified atom stereocenters. The van der Waals surface area contributed by atoms with E-state index in [0.29, 0.717) is 18.7 Å². The van der Waals surface area contributed by atoms with Crippen LogP contribution in [0, 0.1) is 0 Å². The van der Waals surface area contributed by atoms with Gasteiger partial charge in [0.05, 0.1) is 5.54 Å². The Morgan fingerprint density at radius 1 is 1.33 bits per heavy atom. The van der Waals surface area contributed by atoms with E-state index >= 15 is 0 Å². The fraction of sp³-hybridized carbons (Fsp3) is 0.400. The third kappa shape index (κ3) is 3.20. The second-order valence-electron chi connectivity index (χ2n) is 3.95. The highest BCUT2D eigenvalue weighted by atomic mass is 35.5. The summed E-state index contributed by atoms with van der Waals surface area (Å²) in [5.41, 5.74) is 6.01. The molecule has 8 heteroatoms. The van der Waals surface area contributed by atoms with Crippen molar-refractivity contribution in [3.63, 3.8) is 0 Å². The molecule has 102 valence electrons. The Bertz CT molecular complexity index is 436. The van der Waals surface area contributed by atoms with Crippen LogP contribution in [0.5, 0.6) is 5.75 Å². The van der Waals surface area contributed by atoms with Crippen molar-refractivity contribution in [1.82, 2.24) is 5.32 Å². The molecule has 1 fully saturated rings. The molecule has 0 atom stereocenters. The van der Waals surface area contributed by atoms with Crippen LogP contribution in [0.15, 0.2) is 18.2 Å². The lowest BCUT2D eigenvalue weighted by Gasteiger charge is -2.40. The van der Waals surface area contributed by atoms with Crippen LogP contribution in [-0.4, -0.2) is 19.5 Å². The van der Waals surface area contributed by atoms with E-state index in [1.54, 1.807) is 0 Å². The molecule has 0 aromatic heterocycles. The molecule has 0 aliphatic carbocycles. The molecule has 1 saturated heterocycles. The van der Waals surface area contributed by atoms with Crippen LogP contribution in [0.25, 0.3) is 0 Å². The summed E-state index contributed by atoms with van der Waals surface area (Å²) in [5.74, 6) is -0.345. The maximum atomic E-state index is 12.0. The summed E-state index contributed by atoms with van der Waals surface area (Å²) in [6.45, 7) is 1.10. The molecule has 1 aliphatic rings. The van der Waals surface area contributed by atoms with Crippen LogP contribution in [-0.2, 0) is 5.54 Å². The Kier molecular flexibility index (Phi) is 4.38. The molecular formula is C10H11Cl2F3N2O. The van der Waals surface area contributed by atoms with Crippen LogP contribution in [0.2, 0.25) is 5.02 Å². The first-order valence-corrected chi connectivity index (χ1v) is 5.23. The number of nitrogens with one attached hydrogen (secondary N) is 1. The van der Waals surface area contributed by atoms with Gasteiger partial charge in [0.25, 0.3) is 0 Å². The molecule has 18 heavy (non-hydrogen) atoms. The van der Waals surface area contributed by atoms with Gasteiger partial charge in [0.15, 0.2) is 0 Å². The van der Waals surface area contributed by atoms with Crippen molar-refractivity contribution >= 4 is 24.0 Å². The Labute approximate surface area is 113 Å². The third-order valence-electron chi connectivity index (χ3n) is 2.59. The van der Waals surface area contributed by atoms with Gasteiger partial charge in [0.2, 0.25) is 0 Å². The van der Waals surface area contributed by atoms with Crippen LogP contribution in [0.4, 0.5) is 13.2 Å². The molecule has 0 spiro atoms. The molecule has 0 radical (unpaired) electrons. The van der Waals surface area contributed by atoms with Gasteiger partial charge in [-0.2, -0.15) is 0 Å². The molecule has 0 amide bonds. The molecule has 3 nitrogen and oxygen atoms in total. The van der Waals surface area contributed by atoms with Crippen LogP contribution in [0.3, 0.4) is 0 Å². The average Bonchev–Trinajstić information content (AvgIpc) is 2.12. The summed E-state index contributed by atoms with van der Waals surface area (Å²) in [4.78, 5) is 0. The zero-order chi connectivity index (χ0) is 12.7. The lowest BCUT2D eigenvalue weighted by molar-refractivity contribution is -0.274. The smallest absolute Gasteiger partial charge is 0.406 e. The van der Waals surface area contributed by atoms with Crippen molar-refractivity contribution in [3.8, 4) is 5.75 Å². The highest BCUT2D eigenvalue weighted by molar-refractivity contribution is 6.31.